The zero-order valence-electron chi connectivity index (χ0n) is 14.1. The quantitative estimate of drug-likeness (QED) is 0.670. The Labute approximate surface area is 149 Å². The van der Waals surface area contributed by atoms with Gasteiger partial charge in [0.15, 0.2) is 5.11 Å². The van der Waals surface area contributed by atoms with Crippen molar-refractivity contribution in [2.75, 3.05) is 5.32 Å². The lowest BCUT2D eigenvalue weighted by Gasteiger charge is -2.39. The first-order valence-electron chi connectivity index (χ1n) is 8.34. The predicted molar refractivity (Wildman–Crippen MR) is 101 cm³/mol. The lowest BCUT2D eigenvalue weighted by atomic mass is 9.69. The van der Waals surface area contributed by atoms with Crippen LogP contribution in [0, 0.1) is 17.2 Å². The third-order valence-electron chi connectivity index (χ3n) is 5.26. The van der Waals surface area contributed by atoms with Crippen molar-refractivity contribution in [3.8, 4) is 0 Å². The van der Waals surface area contributed by atoms with Gasteiger partial charge < -0.3 is 10.6 Å². The summed E-state index contributed by atoms with van der Waals surface area (Å²) >= 11 is 11.1. The number of nitrogens with one attached hydrogen (secondary N) is 2. The van der Waals surface area contributed by atoms with E-state index in [0.29, 0.717) is 22.3 Å². The fourth-order valence-electron chi connectivity index (χ4n) is 3.23. The number of hydrogen-bond donors (Lipinski definition) is 2. The van der Waals surface area contributed by atoms with Gasteiger partial charge in [-0.25, -0.2) is 4.39 Å². The van der Waals surface area contributed by atoms with Crippen molar-refractivity contribution in [3.05, 3.63) is 29.0 Å². The Morgan fingerprint density at radius 1 is 1.30 bits per heavy atom. The van der Waals surface area contributed by atoms with Crippen LogP contribution in [0.4, 0.5) is 10.1 Å². The van der Waals surface area contributed by atoms with E-state index in [0.717, 1.165) is 18.8 Å². The lowest BCUT2D eigenvalue weighted by molar-refractivity contribution is 0.141. The van der Waals surface area contributed by atoms with Crippen LogP contribution in [-0.4, -0.2) is 11.2 Å². The van der Waals surface area contributed by atoms with E-state index in [4.69, 9.17) is 23.8 Å². The van der Waals surface area contributed by atoms with Crippen LogP contribution in [0.1, 0.15) is 52.9 Å². The summed E-state index contributed by atoms with van der Waals surface area (Å²) in [5.41, 5.74) is 1.13. The van der Waals surface area contributed by atoms with Gasteiger partial charge in [0.05, 0.1) is 5.02 Å². The first-order chi connectivity index (χ1) is 10.8. The van der Waals surface area contributed by atoms with Gasteiger partial charge in [0.1, 0.15) is 5.82 Å². The lowest BCUT2D eigenvalue weighted by Crippen LogP contribution is -2.41. The molecule has 1 aliphatic carbocycles. The van der Waals surface area contributed by atoms with Crippen molar-refractivity contribution in [2.45, 2.75) is 58.9 Å². The normalized spacial score (nSPS) is 21.8. The van der Waals surface area contributed by atoms with Gasteiger partial charge >= 0.3 is 0 Å². The van der Waals surface area contributed by atoms with Crippen molar-refractivity contribution < 1.29 is 4.39 Å². The van der Waals surface area contributed by atoms with E-state index in [1.54, 1.807) is 12.1 Å². The molecular formula is C18H26ClFN2S. The van der Waals surface area contributed by atoms with Crippen molar-refractivity contribution in [1.82, 2.24) is 5.32 Å². The maximum absolute atomic E-state index is 13.2. The van der Waals surface area contributed by atoms with Gasteiger partial charge in [-0.05, 0) is 67.4 Å². The molecule has 0 saturated heterocycles. The smallest absolute Gasteiger partial charge is 0.170 e. The zero-order chi connectivity index (χ0) is 17.0. The maximum Gasteiger partial charge on any atom is 0.170 e. The van der Waals surface area contributed by atoms with Crippen LogP contribution < -0.4 is 10.6 Å². The van der Waals surface area contributed by atoms with Crippen molar-refractivity contribution in [2.24, 2.45) is 11.3 Å². The average Bonchev–Trinajstić information content (AvgIpc) is 2.51. The Morgan fingerprint density at radius 3 is 2.52 bits per heavy atom. The summed E-state index contributed by atoms with van der Waals surface area (Å²) in [4.78, 5) is 0. The largest absolute Gasteiger partial charge is 0.360 e. The van der Waals surface area contributed by atoms with Gasteiger partial charge in [0, 0.05) is 11.7 Å². The summed E-state index contributed by atoms with van der Waals surface area (Å²) in [6.45, 7) is 7.02. The molecule has 0 atom stereocenters. The topological polar surface area (TPSA) is 24.1 Å². The van der Waals surface area contributed by atoms with Gasteiger partial charge in [-0.2, -0.15) is 0 Å². The Balaban J connectivity index is 1.82. The van der Waals surface area contributed by atoms with Crippen LogP contribution in [0.5, 0.6) is 0 Å². The van der Waals surface area contributed by atoms with Gasteiger partial charge in [0.25, 0.3) is 0 Å². The number of thiocarbonyl (C=S) groups is 1. The molecule has 1 fully saturated rings. The third kappa shape index (κ3) is 5.05. The molecule has 1 aromatic rings. The number of halogens is 2. The van der Waals surface area contributed by atoms with Gasteiger partial charge in [-0.3, -0.25) is 0 Å². The third-order valence-corrected chi connectivity index (χ3v) is 5.77. The Morgan fingerprint density at radius 2 is 1.96 bits per heavy atom. The second-order valence-electron chi connectivity index (χ2n) is 7.12. The molecule has 1 saturated carbocycles. The molecule has 2 N–H and O–H groups in total. The van der Waals surface area contributed by atoms with E-state index < -0.39 is 5.82 Å². The Bertz CT molecular complexity index is 554. The molecule has 0 unspecified atom stereocenters. The SMILES string of the molecule is CCC(C)(C)C1CCC(NC(=S)Nc2ccc(F)c(Cl)c2)CC1. The average molecular weight is 357 g/mol. The van der Waals surface area contributed by atoms with E-state index in [2.05, 4.69) is 31.4 Å². The predicted octanol–water partition coefficient (Wildman–Crippen LogP) is 5.76. The molecule has 0 spiro atoms. The molecule has 1 aromatic carbocycles. The van der Waals surface area contributed by atoms with Crippen molar-refractivity contribution >= 4 is 34.6 Å². The van der Waals surface area contributed by atoms with Crippen molar-refractivity contribution in [1.29, 1.82) is 0 Å². The maximum atomic E-state index is 13.2. The van der Waals surface area contributed by atoms with Crippen LogP contribution in [0.25, 0.3) is 0 Å². The Hall–Kier alpha value is -0.870. The zero-order valence-corrected chi connectivity index (χ0v) is 15.7. The molecule has 0 amide bonds. The fraction of sp³-hybridized carbons (Fsp3) is 0.611. The van der Waals surface area contributed by atoms with Crippen LogP contribution in [0.3, 0.4) is 0 Å². The van der Waals surface area contributed by atoms with Gasteiger partial charge in [0.2, 0.25) is 0 Å². The number of anilines is 1. The summed E-state index contributed by atoms with van der Waals surface area (Å²) in [6.07, 6.45) is 5.98. The second-order valence-corrected chi connectivity index (χ2v) is 7.93. The first kappa shape index (κ1) is 18.5. The van der Waals surface area contributed by atoms with Gasteiger partial charge in [-0.1, -0.05) is 38.8 Å². The monoisotopic (exact) mass is 356 g/mol. The highest BCUT2D eigenvalue weighted by molar-refractivity contribution is 7.80. The molecule has 0 aromatic heterocycles. The molecule has 0 heterocycles. The summed E-state index contributed by atoms with van der Waals surface area (Å²) in [5.74, 6) is 0.371. The summed E-state index contributed by atoms with van der Waals surface area (Å²) in [5, 5.41) is 7.13. The summed E-state index contributed by atoms with van der Waals surface area (Å²) in [7, 11) is 0. The fourth-order valence-corrected chi connectivity index (χ4v) is 3.70. The number of benzene rings is 1. The van der Waals surface area contributed by atoms with E-state index in [1.165, 1.54) is 25.3 Å². The molecule has 2 rings (SSSR count). The van der Waals surface area contributed by atoms with Crippen LogP contribution in [0.2, 0.25) is 5.02 Å². The molecule has 2 nitrogen and oxygen atoms in total. The molecule has 0 aliphatic heterocycles. The molecule has 1 aliphatic rings. The molecule has 0 radical (unpaired) electrons. The molecule has 0 bridgehead atoms. The Kier molecular flexibility index (Phi) is 6.26. The molecule has 5 heteroatoms. The molecule has 128 valence electrons. The standard InChI is InChI=1S/C18H26ClFN2S/c1-4-18(2,3)12-5-7-13(8-6-12)21-17(23)22-14-9-10-16(20)15(19)11-14/h9-13H,4-8H2,1-3H3,(H2,21,22,23). The minimum atomic E-state index is -0.423. The van der Waals surface area contributed by atoms with E-state index in [-0.39, 0.29) is 5.02 Å². The van der Waals surface area contributed by atoms with Crippen LogP contribution in [0.15, 0.2) is 18.2 Å². The second kappa shape index (κ2) is 7.80. The van der Waals surface area contributed by atoms with E-state index in [1.807, 2.05) is 0 Å². The van der Waals surface area contributed by atoms with Crippen molar-refractivity contribution in [3.63, 3.8) is 0 Å². The highest BCUT2D eigenvalue weighted by atomic mass is 35.5. The summed E-state index contributed by atoms with van der Waals surface area (Å²) < 4.78 is 13.2. The summed E-state index contributed by atoms with van der Waals surface area (Å²) in [6, 6.07) is 4.93. The van der Waals surface area contributed by atoms with E-state index >= 15 is 0 Å². The highest BCUT2D eigenvalue weighted by Gasteiger charge is 2.31. The minimum absolute atomic E-state index is 0.0973. The van der Waals surface area contributed by atoms with Gasteiger partial charge in [-0.15, -0.1) is 0 Å². The van der Waals surface area contributed by atoms with E-state index in [9.17, 15) is 4.39 Å². The number of hydrogen-bond acceptors (Lipinski definition) is 1. The van der Waals surface area contributed by atoms with Crippen LogP contribution in [-0.2, 0) is 0 Å². The molecule has 23 heavy (non-hydrogen) atoms. The number of rotatable bonds is 4. The minimum Gasteiger partial charge on any atom is -0.360 e. The first-order valence-corrected chi connectivity index (χ1v) is 9.13. The molecular weight excluding hydrogens is 331 g/mol. The van der Waals surface area contributed by atoms with Crippen LogP contribution >= 0.6 is 23.8 Å². The highest BCUT2D eigenvalue weighted by Crippen LogP contribution is 2.40.